The van der Waals surface area contributed by atoms with Crippen LogP contribution in [0.25, 0.3) is 10.2 Å². The molecule has 1 N–H and O–H groups in total. The highest BCUT2D eigenvalue weighted by atomic mass is 32.1. The fourth-order valence-electron chi connectivity index (χ4n) is 3.81. The largest absolute Gasteiger partial charge is 0.433 e. The number of aromatic nitrogens is 1. The highest BCUT2D eigenvalue weighted by molar-refractivity contribution is 7.20. The van der Waals surface area contributed by atoms with Gasteiger partial charge in [-0.25, -0.2) is 4.98 Å². The maximum absolute atomic E-state index is 12.9. The zero-order valence-corrected chi connectivity index (χ0v) is 18.3. The zero-order valence-electron chi connectivity index (χ0n) is 17.5. The molecule has 3 aromatic rings. The molecule has 4 rings (SSSR count). The van der Waals surface area contributed by atoms with Crippen LogP contribution in [0.1, 0.15) is 57.0 Å². The van der Waals surface area contributed by atoms with Crippen molar-refractivity contribution in [2.75, 3.05) is 18.4 Å². The first kappa shape index (κ1) is 22.3. The van der Waals surface area contributed by atoms with E-state index in [1.165, 1.54) is 6.07 Å². The van der Waals surface area contributed by atoms with E-state index in [0.29, 0.717) is 27.1 Å². The number of pyridine rings is 1. The van der Waals surface area contributed by atoms with E-state index in [4.69, 9.17) is 0 Å². The lowest BCUT2D eigenvalue weighted by atomic mass is 10.1. The van der Waals surface area contributed by atoms with Gasteiger partial charge >= 0.3 is 6.18 Å². The number of amides is 2. The molecular weight excluding hydrogens is 439 g/mol. The second-order valence-electron chi connectivity index (χ2n) is 7.84. The van der Waals surface area contributed by atoms with Crippen LogP contribution in [-0.4, -0.2) is 34.8 Å². The molecule has 0 unspecified atom stereocenters. The van der Waals surface area contributed by atoms with Crippen molar-refractivity contribution in [2.24, 2.45) is 0 Å². The van der Waals surface area contributed by atoms with Crippen molar-refractivity contribution in [3.05, 3.63) is 58.1 Å². The van der Waals surface area contributed by atoms with Crippen LogP contribution in [0.4, 0.5) is 18.9 Å². The number of likely N-dealkylation sites (tertiary alicyclic amines) is 1. The number of anilines is 1. The molecule has 32 heavy (non-hydrogen) atoms. The summed E-state index contributed by atoms with van der Waals surface area (Å²) in [5.74, 6) is -0.442. The number of rotatable bonds is 3. The second kappa shape index (κ2) is 8.90. The van der Waals surface area contributed by atoms with Crippen LogP contribution in [0.5, 0.6) is 0 Å². The molecule has 5 nitrogen and oxygen atoms in total. The van der Waals surface area contributed by atoms with E-state index < -0.39 is 17.8 Å². The Morgan fingerprint density at radius 1 is 1.00 bits per heavy atom. The molecular formula is C23H22F3N3O2S. The van der Waals surface area contributed by atoms with Gasteiger partial charge in [-0.2, -0.15) is 13.2 Å². The monoisotopic (exact) mass is 461 g/mol. The molecule has 1 saturated heterocycles. The Kier molecular flexibility index (Phi) is 6.19. The normalized spacial score (nSPS) is 14.9. The third-order valence-electron chi connectivity index (χ3n) is 5.58. The quantitative estimate of drug-likeness (QED) is 0.529. The molecule has 9 heteroatoms. The number of halogens is 3. The van der Waals surface area contributed by atoms with Crippen molar-refractivity contribution >= 4 is 39.1 Å². The van der Waals surface area contributed by atoms with Crippen molar-refractivity contribution in [3.63, 3.8) is 0 Å². The molecule has 0 radical (unpaired) electrons. The lowest BCUT2D eigenvalue weighted by molar-refractivity contribution is -0.140. The van der Waals surface area contributed by atoms with Crippen LogP contribution in [-0.2, 0) is 6.18 Å². The number of nitrogens with zero attached hydrogens (tertiary/aromatic N) is 2. The van der Waals surface area contributed by atoms with Gasteiger partial charge in [-0.15, -0.1) is 11.3 Å². The molecule has 1 aromatic carbocycles. The SMILES string of the molecule is Cc1c(C(=O)Nc2ccc(C(=O)N3CCCCCC3)cc2)sc2nc(C(F)(F)F)ccc12. The van der Waals surface area contributed by atoms with E-state index in [1.807, 2.05) is 4.90 Å². The Morgan fingerprint density at radius 3 is 2.28 bits per heavy atom. The summed E-state index contributed by atoms with van der Waals surface area (Å²) >= 11 is 0.926. The molecule has 1 aliphatic heterocycles. The molecule has 3 heterocycles. The van der Waals surface area contributed by atoms with Crippen molar-refractivity contribution < 1.29 is 22.8 Å². The van der Waals surface area contributed by atoms with Crippen molar-refractivity contribution in [3.8, 4) is 0 Å². The highest BCUT2D eigenvalue weighted by Gasteiger charge is 2.33. The summed E-state index contributed by atoms with van der Waals surface area (Å²) in [5.41, 5.74) is 0.662. The highest BCUT2D eigenvalue weighted by Crippen LogP contribution is 2.34. The van der Waals surface area contributed by atoms with Crippen molar-refractivity contribution in [2.45, 2.75) is 38.8 Å². The lowest BCUT2D eigenvalue weighted by Crippen LogP contribution is -2.31. The Balaban J connectivity index is 1.49. The molecule has 0 saturated carbocycles. The fourth-order valence-corrected chi connectivity index (χ4v) is 4.89. The van der Waals surface area contributed by atoms with Gasteiger partial charge < -0.3 is 10.2 Å². The standard InChI is InChI=1S/C23H22F3N3O2S/c1-14-17-10-11-18(23(24,25)26)28-21(17)32-19(14)20(30)27-16-8-6-15(7-9-16)22(31)29-12-4-2-3-5-13-29/h6-11H,2-5,12-13H2,1H3,(H,27,30). The summed E-state index contributed by atoms with van der Waals surface area (Å²) in [6.45, 7) is 3.20. The average Bonchev–Trinajstić information content (AvgIpc) is 2.93. The maximum atomic E-state index is 12.9. The first-order valence-electron chi connectivity index (χ1n) is 10.4. The van der Waals surface area contributed by atoms with Gasteiger partial charge in [-0.3, -0.25) is 9.59 Å². The maximum Gasteiger partial charge on any atom is 0.433 e. The molecule has 168 valence electrons. The number of alkyl halides is 3. The zero-order chi connectivity index (χ0) is 22.9. The number of nitrogens with one attached hydrogen (secondary N) is 1. The van der Waals surface area contributed by atoms with E-state index in [0.717, 1.165) is 56.2 Å². The van der Waals surface area contributed by atoms with Gasteiger partial charge in [0.2, 0.25) is 0 Å². The van der Waals surface area contributed by atoms with Crippen LogP contribution in [0.3, 0.4) is 0 Å². The van der Waals surface area contributed by atoms with Gasteiger partial charge in [-0.1, -0.05) is 12.8 Å². The van der Waals surface area contributed by atoms with E-state index in [9.17, 15) is 22.8 Å². The molecule has 2 aromatic heterocycles. The topological polar surface area (TPSA) is 62.3 Å². The Labute approximate surface area is 187 Å². The summed E-state index contributed by atoms with van der Waals surface area (Å²) in [7, 11) is 0. The van der Waals surface area contributed by atoms with Crippen molar-refractivity contribution in [1.82, 2.24) is 9.88 Å². The van der Waals surface area contributed by atoms with E-state index in [2.05, 4.69) is 10.3 Å². The lowest BCUT2D eigenvalue weighted by Gasteiger charge is -2.20. The molecule has 1 aliphatic rings. The number of fused-ring (bicyclic) bond motifs is 1. The molecule has 0 atom stereocenters. The number of aryl methyl sites for hydroxylation is 1. The van der Waals surface area contributed by atoms with Crippen LogP contribution in [0.15, 0.2) is 36.4 Å². The Bertz CT molecular complexity index is 1150. The third-order valence-corrected chi connectivity index (χ3v) is 6.78. The predicted molar refractivity (Wildman–Crippen MR) is 118 cm³/mol. The molecule has 2 amide bonds. The van der Waals surface area contributed by atoms with Crippen LogP contribution in [0, 0.1) is 6.92 Å². The first-order chi connectivity index (χ1) is 15.2. The predicted octanol–water partition coefficient (Wildman–Crippen LogP) is 5.89. The van der Waals surface area contributed by atoms with E-state index in [-0.39, 0.29) is 10.7 Å². The van der Waals surface area contributed by atoms with Crippen LogP contribution < -0.4 is 5.32 Å². The number of benzene rings is 1. The smallest absolute Gasteiger partial charge is 0.339 e. The fraction of sp³-hybridized carbons (Fsp3) is 0.348. The van der Waals surface area contributed by atoms with E-state index >= 15 is 0 Å². The molecule has 0 bridgehead atoms. The minimum absolute atomic E-state index is 0.0170. The Hall–Kier alpha value is -2.94. The number of carbonyl (C=O) groups excluding carboxylic acids is 2. The van der Waals surface area contributed by atoms with Crippen LogP contribution in [0.2, 0.25) is 0 Å². The van der Waals surface area contributed by atoms with Crippen LogP contribution >= 0.6 is 11.3 Å². The van der Waals surface area contributed by atoms with E-state index in [1.54, 1.807) is 31.2 Å². The number of hydrogen-bond acceptors (Lipinski definition) is 4. The minimum atomic E-state index is -4.54. The minimum Gasteiger partial charge on any atom is -0.339 e. The molecule has 0 spiro atoms. The van der Waals surface area contributed by atoms with Gasteiger partial charge in [0.1, 0.15) is 10.5 Å². The summed E-state index contributed by atoms with van der Waals surface area (Å²) in [6.07, 6.45) is -0.250. The van der Waals surface area contributed by atoms with Gasteiger partial charge in [0.25, 0.3) is 11.8 Å². The first-order valence-corrected chi connectivity index (χ1v) is 11.2. The summed E-state index contributed by atoms with van der Waals surface area (Å²) < 4.78 is 38.8. The second-order valence-corrected chi connectivity index (χ2v) is 8.84. The number of thiophene rings is 1. The average molecular weight is 462 g/mol. The number of hydrogen-bond donors (Lipinski definition) is 1. The summed E-state index contributed by atoms with van der Waals surface area (Å²) in [6, 6.07) is 8.94. The summed E-state index contributed by atoms with van der Waals surface area (Å²) in [4.78, 5) is 31.5. The molecule has 0 aliphatic carbocycles. The van der Waals surface area contributed by atoms with Gasteiger partial charge in [-0.05, 0) is 61.7 Å². The van der Waals surface area contributed by atoms with Gasteiger partial charge in [0, 0.05) is 29.7 Å². The van der Waals surface area contributed by atoms with Crippen molar-refractivity contribution in [1.29, 1.82) is 0 Å². The third kappa shape index (κ3) is 4.62. The van der Waals surface area contributed by atoms with Gasteiger partial charge in [0.05, 0.1) is 4.88 Å². The summed E-state index contributed by atoms with van der Waals surface area (Å²) in [5, 5.41) is 3.28. The Morgan fingerprint density at radius 2 is 1.66 bits per heavy atom. The van der Waals surface area contributed by atoms with Gasteiger partial charge in [0.15, 0.2) is 0 Å². The number of carbonyl (C=O) groups is 2. The molecule has 1 fully saturated rings.